The van der Waals surface area contributed by atoms with Gasteiger partial charge in [-0.2, -0.15) is 0 Å². The number of carboxylic acids is 1. The van der Waals surface area contributed by atoms with Gasteiger partial charge in [0.15, 0.2) is 6.10 Å². The molecule has 0 spiro atoms. The van der Waals surface area contributed by atoms with Crippen LogP contribution in [0, 0.1) is 11.6 Å². The number of hydrogen-bond acceptors (Lipinski definition) is 3. The third-order valence-corrected chi connectivity index (χ3v) is 6.00. The number of amides is 1. The Bertz CT molecular complexity index is 933. The minimum Gasteiger partial charge on any atom is -0.479 e. The van der Waals surface area contributed by atoms with E-state index in [2.05, 4.69) is 6.92 Å². The first-order chi connectivity index (χ1) is 16.8. The predicted molar refractivity (Wildman–Crippen MR) is 132 cm³/mol. The largest absolute Gasteiger partial charge is 0.479 e. The highest BCUT2D eigenvalue weighted by Gasteiger charge is 2.19. The molecule has 0 aliphatic carbocycles. The van der Waals surface area contributed by atoms with Crippen molar-refractivity contribution >= 4 is 11.9 Å². The number of carbonyl (C=O) groups is 2. The molecule has 1 atom stereocenters. The molecule has 1 N–H and O–H groups in total. The van der Waals surface area contributed by atoms with Gasteiger partial charge in [0.05, 0.1) is 6.42 Å². The fourth-order valence-corrected chi connectivity index (χ4v) is 3.95. The zero-order valence-electron chi connectivity index (χ0n) is 20.8. The predicted octanol–water partition coefficient (Wildman–Crippen LogP) is 5.58. The van der Waals surface area contributed by atoms with Crippen LogP contribution in [0.4, 0.5) is 8.78 Å². The summed E-state index contributed by atoms with van der Waals surface area (Å²) in [6.07, 6.45) is 5.26. The number of benzene rings is 2. The van der Waals surface area contributed by atoms with Gasteiger partial charge in [0.25, 0.3) is 0 Å². The molecule has 0 aliphatic heterocycles. The van der Waals surface area contributed by atoms with E-state index in [1.165, 1.54) is 12.1 Å². The lowest BCUT2D eigenvalue weighted by molar-refractivity contribution is -0.150. The second-order valence-electron chi connectivity index (χ2n) is 8.76. The molecule has 0 fully saturated rings. The van der Waals surface area contributed by atoms with Gasteiger partial charge in [0, 0.05) is 32.2 Å². The molecule has 1 amide bonds. The highest BCUT2D eigenvalue weighted by molar-refractivity contribution is 5.78. The van der Waals surface area contributed by atoms with Crippen LogP contribution in [0.25, 0.3) is 0 Å². The van der Waals surface area contributed by atoms with Crippen LogP contribution in [0.3, 0.4) is 0 Å². The first-order valence-electron chi connectivity index (χ1n) is 12.5. The number of unbranched alkanes of at least 4 members (excludes halogenated alkanes) is 4. The Morgan fingerprint density at radius 3 is 2.26 bits per heavy atom. The van der Waals surface area contributed by atoms with Crippen molar-refractivity contribution in [3.8, 4) is 0 Å². The maximum absolute atomic E-state index is 14.1. The van der Waals surface area contributed by atoms with Crippen molar-refractivity contribution in [1.82, 2.24) is 4.90 Å². The summed E-state index contributed by atoms with van der Waals surface area (Å²) in [5.41, 5.74) is 2.08. The maximum atomic E-state index is 14.1. The average molecular weight is 490 g/mol. The number of aliphatic carboxylic acids is 1. The average Bonchev–Trinajstić information content (AvgIpc) is 2.83. The molecule has 0 saturated carbocycles. The molecule has 0 heterocycles. The van der Waals surface area contributed by atoms with Crippen LogP contribution in [-0.2, 0) is 33.6 Å². The van der Waals surface area contributed by atoms with Gasteiger partial charge < -0.3 is 14.7 Å². The molecule has 192 valence electrons. The molecular formula is C28H37F2NO4. The number of rotatable bonds is 16. The van der Waals surface area contributed by atoms with E-state index in [9.17, 15) is 23.5 Å². The fraction of sp³-hybridized carbons (Fsp3) is 0.500. The van der Waals surface area contributed by atoms with Gasteiger partial charge in [0.1, 0.15) is 11.6 Å². The fourth-order valence-electron chi connectivity index (χ4n) is 3.95. The van der Waals surface area contributed by atoms with Gasteiger partial charge >= 0.3 is 5.97 Å². The molecule has 2 aromatic rings. The van der Waals surface area contributed by atoms with Crippen molar-refractivity contribution < 1.29 is 28.2 Å². The van der Waals surface area contributed by atoms with Gasteiger partial charge in [-0.05, 0) is 42.5 Å². The highest BCUT2D eigenvalue weighted by atomic mass is 19.1. The summed E-state index contributed by atoms with van der Waals surface area (Å²) in [5.74, 6) is -2.53. The number of ether oxygens (including phenoxy) is 1. The normalized spacial score (nSPS) is 11.9. The molecule has 5 nitrogen and oxygen atoms in total. The summed E-state index contributed by atoms with van der Waals surface area (Å²) in [6, 6.07) is 10.9. The van der Waals surface area contributed by atoms with E-state index in [0.29, 0.717) is 26.1 Å². The van der Waals surface area contributed by atoms with E-state index in [4.69, 9.17) is 4.74 Å². The minimum absolute atomic E-state index is 0.103. The molecule has 0 aliphatic rings. The van der Waals surface area contributed by atoms with Gasteiger partial charge in [-0.25, -0.2) is 13.6 Å². The standard InChI is InChI=1S/C28H37F2NO4/c1-3-5-6-7-8-16-31(27(32)19-23-13-14-24(29)20-25(23)30)17-15-21-9-11-22(12-10-21)18-26(28(33)34)35-4-2/h9-14,20,26H,3-8,15-19H2,1-2H3,(H,33,34)/t26-/m0/s1. The number of hydrogen-bond donors (Lipinski definition) is 1. The SMILES string of the molecule is CCCCCCCN(CCc1ccc(C[C@H](OCC)C(=O)O)cc1)C(=O)Cc1ccc(F)cc1F. The molecule has 2 rings (SSSR count). The molecule has 0 saturated heterocycles. The van der Waals surface area contributed by atoms with E-state index in [0.717, 1.165) is 49.3 Å². The van der Waals surface area contributed by atoms with E-state index in [-0.39, 0.29) is 24.3 Å². The van der Waals surface area contributed by atoms with Crippen LogP contribution in [0.15, 0.2) is 42.5 Å². The summed E-state index contributed by atoms with van der Waals surface area (Å²) in [4.78, 5) is 26.1. The van der Waals surface area contributed by atoms with Crippen LogP contribution in [-0.4, -0.2) is 47.7 Å². The summed E-state index contributed by atoms with van der Waals surface area (Å²) in [7, 11) is 0. The van der Waals surface area contributed by atoms with E-state index >= 15 is 0 Å². The van der Waals surface area contributed by atoms with Crippen molar-refractivity contribution in [2.24, 2.45) is 0 Å². The van der Waals surface area contributed by atoms with Crippen molar-refractivity contribution in [1.29, 1.82) is 0 Å². The summed E-state index contributed by atoms with van der Waals surface area (Å²) in [5, 5.41) is 9.27. The van der Waals surface area contributed by atoms with E-state index in [1.807, 2.05) is 24.3 Å². The maximum Gasteiger partial charge on any atom is 0.333 e. The smallest absolute Gasteiger partial charge is 0.333 e. The van der Waals surface area contributed by atoms with E-state index < -0.39 is 23.7 Å². The quantitative estimate of drug-likeness (QED) is 0.313. The Morgan fingerprint density at radius 2 is 1.63 bits per heavy atom. The molecule has 2 aromatic carbocycles. The Labute approximate surface area is 207 Å². The van der Waals surface area contributed by atoms with Crippen LogP contribution < -0.4 is 0 Å². The number of nitrogens with zero attached hydrogens (tertiary/aromatic N) is 1. The lowest BCUT2D eigenvalue weighted by Crippen LogP contribution is -2.35. The zero-order valence-corrected chi connectivity index (χ0v) is 20.8. The first-order valence-corrected chi connectivity index (χ1v) is 12.5. The van der Waals surface area contributed by atoms with Gasteiger partial charge in [-0.1, -0.05) is 62.9 Å². The number of carboxylic acid groups (broad SMARTS) is 1. The second kappa shape index (κ2) is 15.2. The number of carbonyl (C=O) groups excluding carboxylic acids is 1. The van der Waals surface area contributed by atoms with Crippen LogP contribution in [0.5, 0.6) is 0 Å². The van der Waals surface area contributed by atoms with Gasteiger partial charge in [-0.15, -0.1) is 0 Å². The summed E-state index contributed by atoms with van der Waals surface area (Å²) >= 11 is 0. The number of halogens is 2. The Kier molecular flexibility index (Phi) is 12.4. The second-order valence-corrected chi connectivity index (χ2v) is 8.76. The molecule has 0 radical (unpaired) electrons. The lowest BCUT2D eigenvalue weighted by atomic mass is 10.0. The third kappa shape index (κ3) is 10.1. The molecule has 35 heavy (non-hydrogen) atoms. The van der Waals surface area contributed by atoms with E-state index in [1.54, 1.807) is 11.8 Å². The first kappa shape index (κ1) is 28.4. The van der Waals surface area contributed by atoms with Gasteiger partial charge in [0.2, 0.25) is 5.91 Å². The topological polar surface area (TPSA) is 66.8 Å². The third-order valence-electron chi connectivity index (χ3n) is 6.00. The molecular weight excluding hydrogens is 452 g/mol. The Hall–Kier alpha value is -2.80. The molecule has 0 unspecified atom stereocenters. The molecule has 0 aromatic heterocycles. The molecule has 0 bridgehead atoms. The summed E-state index contributed by atoms with van der Waals surface area (Å²) in [6.45, 7) is 5.33. The zero-order chi connectivity index (χ0) is 25.6. The van der Waals surface area contributed by atoms with Crippen LogP contribution >= 0.6 is 0 Å². The summed E-state index contributed by atoms with van der Waals surface area (Å²) < 4.78 is 32.6. The van der Waals surface area contributed by atoms with Crippen molar-refractivity contribution in [3.05, 3.63) is 70.8 Å². The Balaban J connectivity index is 2.00. The monoisotopic (exact) mass is 489 g/mol. The highest BCUT2D eigenvalue weighted by Crippen LogP contribution is 2.14. The van der Waals surface area contributed by atoms with Crippen molar-refractivity contribution in [2.45, 2.75) is 71.3 Å². The van der Waals surface area contributed by atoms with Crippen molar-refractivity contribution in [3.63, 3.8) is 0 Å². The van der Waals surface area contributed by atoms with Crippen LogP contribution in [0.1, 0.15) is 62.6 Å². The van der Waals surface area contributed by atoms with Crippen molar-refractivity contribution in [2.75, 3.05) is 19.7 Å². The van der Waals surface area contributed by atoms with Crippen LogP contribution in [0.2, 0.25) is 0 Å². The lowest BCUT2D eigenvalue weighted by Gasteiger charge is -2.23. The Morgan fingerprint density at radius 1 is 0.943 bits per heavy atom. The van der Waals surface area contributed by atoms with Gasteiger partial charge in [-0.3, -0.25) is 4.79 Å². The minimum atomic E-state index is -0.985. The molecule has 7 heteroatoms.